The van der Waals surface area contributed by atoms with Crippen LogP contribution in [0.25, 0.3) is 0 Å². The molecule has 6 heteroatoms. The summed E-state index contributed by atoms with van der Waals surface area (Å²) in [6.07, 6.45) is 0. The van der Waals surface area contributed by atoms with Crippen LogP contribution in [0.3, 0.4) is 0 Å². The van der Waals surface area contributed by atoms with E-state index in [1.807, 2.05) is 0 Å². The molecule has 0 aliphatic heterocycles. The molecule has 0 amide bonds. The van der Waals surface area contributed by atoms with E-state index in [4.69, 9.17) is 18.9 Å². The number of hydrogen-bond donors (Lipinski definition) is 1. The topological polar surface area (TPSA) is 74.2 Å². The number of phenolic OH excluding ortho intramolecular Hbond substituents is 1. The fourth-order valence-corrected chi connectivity index (χ4v) is 2.18. The van der Waals surface area contributed by atoms with Crippen molar-refractivity contribution in [1.29, 1.82) is 0 Å². The quantitative estimate of drug-likeness (QED) is 0.825. The van der Waals surface area contributed by atoms with E-state index in [0.717, 1.165) is 0 Å². The van der Waals surface area contributed by atoms with Crippen LogP contribution < -0.4 is 18.9 Å². The van der Waals surface area contributed by atoms with E-state index in [2.05, 4.69) is 0 Å². The van der Waals surface area contributed by atoms with Crippen molar-refractivity contribution in [3.63, 3.8) is 0 Å². The van der Waals surface area contributed by atoms with Crippen LogP contribution in [-0.2, 0) is 0 Å². The smallest absolute Gasteiger partial charge is 0.200 e. The van der Waals surface area contributed by atoms with Crippen LogP contribution in [0.5, 0.6) is 28.7 Å². The first-order chi connectivity index (χ1) is 11.0. The first-order valence-corrected chi connectivity index (χ1v) is 6.77. The maximum Gasteiger partial charge on any atom is 0.200 e. The Hall–Kier alpha value is -2.89. The van der Waals surface area contributed by atoms with Gasteiger partial charge in [0, 0.05) is 12.1 Å². The molecule has 0 fully saturated rings. The molecule has 2 rings (SSSR count). The van der Waals surface area contributed by atoms with Gasteiger partial charge in [-0.25, -0.2) is 0 Å². The van der Waals surface area contributed by atoms with Crippen molar-refractivity contribution in [1.82, 2.24) is 0 Å². The molecule has 122 valence electrons. The van der Waals surface area contributed by atoms with E-state index in [0.29, 0.717) is 23.0 Å². The van der Waals surface area contributed by atoms with Crippen LogP contribution in [-0.4, -0.2) is 39.3 Å². The Kier molecular flexibility index (Phi) is 4.95. The average Bonchev–Trinajstić information content (AvgIpc) is 2.59. The first-order valence-electron chi connectivity index (χ1n) is 6.77. The second kappa shape index (κ2) is 6.91. The maximum absolute atomic E-state index is 12.7. The van der Waals surface area contributed by atoms with Gasteiger partial charge in [0.2, 0.25) is 5.78 Å². The lowest BCUT2D eigenvalue weighted by molar-refractivity contribution is 0.103. The van der Waals surface area contributed by atoms with E-state index < -0.39 is 5.78 Å². The zero-order valence-electron chi connectivity index (χ0n) is 13.4. The predicted molar refractivity (Wildman–Crippen MR) is 84.2 cm³/mol. The zero-order valence-corrected chi connectivity index (χ0v) is 13.4. The minimum Gasteiger partial charge on any atom is -0.507 e. The summed E-state index contributed by atoms with van der Waals surface area (Å²) in [6, 6.07) is 7.55. The molecule has 0 unspecified atom stereocenters. The first kappa shape index (κ1) is 16.5. The van der Waals surface area contributed by atoms with Crippen LogP contribution in [0, 0.1) is 0 Å². The van der Waals surface area contributed by atoms with Crippen molar-refractivity contribution in [2.75, 3.05) is 28.4 Å². The molecule has 0 saturated carbocycles. The van der Waals surface area contributed by atoms with E-state index >= 15 is 0 Å². The molecule has 2 aromatic rings. The van der Waals surface area contributed by atoms with Crippen LogP contribution in [0.4, 0.5) is 0 Å². The second-order valence-corrected chi connectivity index (χ2v) is 4.62. The van der Waals surface area contributed by atoms with Gasteiger partial charge >= 0.3 is 0 Å². The van der Waals surface area contributed by atoms with Crippen molar-refractivity contribution in [3.8, 4) is 28.7 Å². The van der Waals surface area contributed by atoms with Gasteiger partial charge in [-0.1, -0.05) is 0 Å². The third-order valence-electron chi connectivity index (χ3n) is 3.40. The Morgan fingerprint density at radius 2 is 1.39 bits per heavy atom. The second-order valence-electron chi connectivity index (χ2n) is 4.62. The summed E-state index contributed by atoms with van der Waals surface area (Å²) in [7, 11) is 5.90. The molecular weight excluding hydrogens is 300 g/mol. The predicted octanol–water partition coefficient (Wildman–Crippen LogP) is 2.66. The summed E-state index contributed by atoms with van der Waals surface area (Å²) in [4.78, 5) is 12.7. The summed E-state index contributed by atoms with van der Waals surface area (Å²) in [6.45, 7) is 0. The molecule has 0 aromatic heterocycles. The number of carbonyl (C=O) groups is 1. The number of benzene rings is 2. The van der Waals surface area contributed by atoms with Crippen molar-refractivity contribution in [3.05, 3.63) is 41.5 Å². The Bertz CT molecular complexity index is 723. The lowest BCUT2D eigenvalue weighted by Crippen LogP contribution is -2.06. The molecule has 0 heterocycles. The molecule has 0 radical (unpaired) electrons. The molecule has 0 aliphatic carbocycles. The maximum atomic E-state index is 12.7. The molecule has 6 nitrogen and oxygen atoms in total. The Balaban J connectivity index is 2.54. The summed E-state index contributed by atoms with van der Waals surface area (Å²) >= 11 is 0. The number of carbonyl (C=O) groups excluding carboxylic acids is 1. The van der Waals surface area contributed by atoms with Crippen molar-refractivity contribution < 1.29 is 28.8 Å². The number of aromatic hydroxyl groups is 1. The zero-order chi connectivity index (χ0) is 17.0. The lowest BCUT2D eigenvalue weighted by Gasteiger charge is -2.14. The SMILES string of the molecule is COc1ccc(C(=O)c2cc(OC)c(OC)cc2OC)c(O)c1. The highest BCUT2D eigenvalue weighted by Gasteiger charge is 2.21. The summed E-state index contributed by atoms with van der Waals surface area (Å²) in [5.74, 6) is 1.04. The summed E-state index contributed by atoms with van der Waals surface area (Å²) in [5, 5.41) is 10.0. The van der Waals surface area contributed by atoms with Crippen LogP contribution in [0.15, 0.2) is 30.3 Å². The lowest BCUT2D eigenvalue weighted by atomic mass is 10.0. The third-order valence-corrected chi connectivity index (χ3v) is 3.40. The third kappa shape index (κ3) is 3.15. The van der Waals surface area contributed by atoms with E-state index in [1.54, 1.807) is 12.1 Å². The van der Waals surface area contributed by atoms with Crippen LogP contribution >= 0.6 is 0 Å². The summed E-state index contributed by atoms with van der Waals surface area (Å²) < 4.78 is 20.7. The Morgan fingerprint density at radius 1 is 0.783 bits per heavy atom. The minimum atomic E-state index is -0.400. The highest BCUT2D eigenvalue weighted by atomic mass is 16.5. The number of methoxy groups -OCH3 is 4. The highest BCUT2D eigenvalue weighted by Crippen LogP contribution is 2.37. The summed E-state index contributed by atoms with van der Waals surface area (Å²) in [5.41, 5.74) is 0.391. The molecule has 2 aromatic carbocycles. The van der Waals surface area contributed by atoms with Crippen molar-refractivity contribution in [2.24, 2.45) is 0 Å². The Morgan fingerprint density at radius 3 is 1.91 bits per heavy atom. The monoisotopic (exact) mass is 318 g/mol. The number of ketones is 1. The fraction of sp³-hybridized carbons (Fsp3) is 0.235. The van der Waals surface area contributed by atoms with Gasteiger partial charge < -0.3 is 24.1 Å². The molecular formula is C17H18O6. The number of ether oxygens (including phenoxy) is 4. The molecule has 1 N–H and O–H groups in total. The van der Waals surface area contributed by atoms with Gasteiger partial charge in [0.1, 0.15) is 17.2 Å². The van der Waals surface area contributed by atoms with Gasteiger partial charge in [0.25, 0.3) is 0 Å². The van der Waals surface area contributed by atoms with Crippen molar-refractivity contribution >= 4 is 5.78 Å². The van der Waals surface area contributed by atoms with E-state index in [1.165, 1.54) is 46.6 Å². The molecule has 0 saturated heterocycles. The van der Waals surface area contributed by atoms with Crippen LogP contribution in [0.2, 0.25) is 0 Å². The van der Waals surface area contributed by atoms with Gasteiger partial charge in [-0.2, -0.15) is 0 Å². The minimum absolute atomic E-state index is 0.135. The van der Waals surface area contributed by atoms with Gasteiger partial charge in [-0.15, -0.1) is 0 Å². The largest absolute Gasteiger partial charge is 0.507 e. The normalized spacial score (nSPS) is 10.1. The van der Waals surface area contributed by atoms with Gasteiger partial charge in [0.05, 0.1) is 39.6 Å². The standard InChI is InChI=1S/C17H18O6/c1-20-10-5-6-11(13(18)7-10)17(19)12-8-15(22-3)16(23-4)9-14(12)21-2/h5-9,18H,1-4H3. The Labute approximate surface area is 134 Å². The molecule has 0 aliphatic rings. The number of rotatable bonds is 6. The van der Waals surface area contributed by atoms with Crippen LogP contribution in [0.1, 0.15) is 15.9 Å². The molecule has 23 heavy (non-hydrogen) atoms. The average molecular weight is 318 g/mol. The molecule has 0 spiro atoms. The van der Waals surface area contributed by atoms with Gasteiger partial charge in [0.15, 0.2) is 11.5 Å². The molecule has 0 atom stereocenters. The molecule has 0 bridgehead atoms. The fourth-order valence-electron chi connectivity index (χ4n) is 2.18. The van der Waals surface area contributed by atoms with E-state index in [9.17, 15) is 9.90 Å². The van der Waals surface area contributed by atoms with Crippen molar-refractivity contribution in [2.45, 2.75) is 0 Å². The van der Waals surface area contributed by atoms with E-state index in [-0.39, 0.29) is 16.9 Å². The number of hydrogen-bond acceptors (Lipinski definition) is 6. The number of phenols is 1. The van der Waals surface area contributed by atoms with Gasteiger partial charge in [-0.3, -0.25) is 4.79 Å². The highest BCUT2D eigenvalue weighted by molar-refractivity contribution is 6.12. The van der Waals surface area contributed by atoms with Gasteiger partial charge in [-0.05, 0) is 18.2 Å².